The number of carbonyl (C=O) groups is 1. The highest BCUT2D eigenvalue weighted by atomic mass is 35.5. The maximum atomic E-state index is 11.3. The normalized spacial score (nSPS) is 12.1. The number of amides is 1. The van der Waals surface area contributed by atoms with E-state index in [1.54, 1.807) is 25.5 Å². The first kappa shape index (κ1) is 15.0. The quantitative estimate of drug-likeness (QED) is 0.455. The van der Waals surface area contributed by atoms with Gasteiger partial charge >= 0.3 is 0 Å². The number of hydrogen-bond donors (Lipinski definition) is 2. The summed E-state index contributed by atoms with van der Waals surface area (Å²) >= 11 is 0. The number of aromatic nitrogens is 2. The topological polar surface area (TPSA) is 94.9 Å². The van der Waals surface area contributed by atoms with Gasteiger partial charge in [0.2, 0.25) is 0 Å². The van der Waals surface area contributed by atoms with Crippen molar-refractivity contribution >= 4 is 23.2 Å². The van der Waals surface area contributed by atoms with Gasteiger partial charge in [-0.05, 0) is 13.0 Å². The molecule has 0 bridgehead atoms. The van der Waals surface area contributed by atoms with E-state index in [2.05, 4.69) is 26.2 Å². The Hall–Kier alpha value is -2.05. The van der Waals surface area contributed by atoms with Crippen LogP contribution in [0.4, 0.5) is 0 Å². The lowest BCUT2D eigenvalue weighted by Gasteiger charge is -2.01. The Balaban J connectivity index is 0.00000180. The molecular weight excluding hydrogens is 266 g/mol. The lowest BCUT2D eigenvalue weighted by Crippen LogP contribution is -3.00. The molecule has 0 radical (unpaired) electrons. The zero-order valence-electron chi connectivity index (χ0n) is 10.4. The summed E-state index contributed by atoms with van der Waals surface area (Å²) in [6.45, 7) is 1.70. The third-order valence-electron chi connectivity index (χ3n) is 2.36. The Morgan fingerprint density at radius 3 is 2.89 bits per heavy atom. The molecule has 2 rings (SSSR count). The van der Waals surface area contributed by atoms with Crippen LogP contribution < -0.4 is 23.6 Å². The molecule has 0 saturated heterocycles. The van der Waals surface area contributed by atoms with E-state index in [1.165, 1.54) is 0 Å². The molecule has 4 N–H and O–H groups in total. The lowest BCUT2D eigenvalue weighted by molar-refractivity contribution is -0.398. The van der Waals surface area contributed by atoms with Crippen molar-refractivity contribution in [2.24, 2.45) is 5.10 Å². The standard InChI is InChI=1S/C12H13N5O.ClH/c1-8(13)12(18)17-16-7-9-3-2-4-10-11(9)15-6-5-14-10;/h2-8H,13H2,1H3,(H,17,18);1H/t8-;/m0./s1. The highest BCUT2D eigenvalue weighted by molar-refractivity contribution is 5.96. The minimum Gasteiger partial charge on any atom is -1.00 e. The van der Waals surface area contributed by atoms with Gasteiger partial charge in [-0.15, -0.1) is 0 Å². The molecule has 1 aromatic heterocycles. The number of nitrogens with zero attached hydrogens (tertiary/aromatic N) is 3. The number of carbonyl (C=O) groups excluding carboxylic acids is 1. The van der Waals surface area contributed by atoms with Crippen molar-refractivity contribution in [3.63, 3.8) is 0 Å². The molecule has 6 nitrogen and oxygen atoms in total. The highest BCUT2D eigenvalue weighted by Gasteiger charge is 2.08. The Morgan fingerprint density at radius 1 is 1.42 bits per heavy atom. The third-order valence-corrected chi connectivity index (χ3v) is 2.36. The molecule has 19 heavy (non-hydrogen) atoms. The van der Waals surface area contributed by atoms with E-state index in [4.69, 9.17) is 0 Å². The van der Waals surface area contributed by atoms with E-state index in [0.717, 1.165) is 16.6 Å². The summed E-state index contributed by atoms with van der Waals surface area (Å²) in [7, 11) is 0. The van der Waals surface area contributed by atoms with Gasteiger partial charge in [-0.2, -0.15) is 5.10 Å². The summed E-state index contributed by atoms with van der Waals surface area (Å²) in [4.78, 5) is 19.7. The number of quaternary nitrogens is 1. The van der Waals surface area contributed by atoms with E-state index < -0.39 is 0 Å². The van der Waals surface area contributed by atoms with Gasteiger partial charge in [0.15, 0.2) is 6.04 Å². The second kappa shape index (κ2) is 6.77. The van der Waals surface area contributed by atoms with Crippen LogP contribution in [0.25, 0.3) is 11.0 Å². The summed E-state index contributed by atoms with van der Waals surface area (Å²) < 4.78 is 0. The van der Waals surface area contributed by atoms with Crippen LogP contribution in [0.5, 0.6) is 0 Å². The maximum absolute atomic E-state index is 11.3. The molecule has 0 aliphatic carbocycles. The summed E-state index contributed by atoms with van der Waals surface area (Å²) in [6.07, 6.45) is 4.81. The Morgan fingerprint density at radius 2 is 2.16 bits per heavy atom. The molecule has 1 heterocycles. The van der Waals surface area contributed by atoms with Gasteiger partial charge in [-0.25, -0.2) is 5.43 Å². The number of hydrazone groups is 1. The molecule has 0 spiro atoms. The van der Waals surface area contributed by atoms with Crippen LogP contribution in [0.1, 0.15) is 12.5 Å². The molecule has 7 heteroatoms. The van der Waals surface area contributed by atoms with Crippen LogP contribution in [0.15, 0.2) is 35.7 Å². The van der Waals surface area contributed by atoms with Crippen molar-refractivity contribution in [3.8, 4) is 0 Å². The van der Waals surface area contributed by atoms with E-state index in [1.807, 2.05) is 18.2 Å². The Labute approximate surface area is 116 Å². The van der Waals surface area contributed by atoms with Crippen molar-refractivity contribution in [1.82, 2.24) is 15.4 Å². The summed E-state index contributed by atoms with van der Waals surface area (Å²) in [5.41, 5.74) is 8.36. The first-order valence-corrected chi connectivity index (χ1v) is 5.54. The van der Waals surface area contributed by atoms with Crippen molar-refractivity contribution < 1.29 is 22.9 Å². The van der Waals surface area contributed by atoms with Gasteiger partial charge in [0, 0.05) is 18.0 Å². The van der Waals surface area contributed by atoms with Gasteiger partial charge in [0.05, 0.1) is 17.2 Å². The lowest BCUT2D eigenvalue weighted by atomic mass is 10.2. The third kappa shape index (κ3) is 3.70. The van der Waals surface area contributed by atoms with Crippen LogP contribution >= 0.6 is 0 Å². The van der Waals surface area contributed by atoms with E-state index in [9.17, 15) is 4.79 Å². The molecule has 0 unspecified atom stereocenters. The summed E-state index contributed by atoms with van der Waals surface area (Å²) in [5.74, 6) is -0.224. The van der Waals surface area contributed by atoms with Crippen LogP contribution in [-0.2, 0) is 4.79 Å². The molecule has 1 aromatic carbocycles. The Bertz CT molecular complexity index is 594. The summed E-state index contributed by atoms with van der Waals surface area (Å²) in [6, 6.07) is 5.26. The Kier molecular flexibility index (Phi) is 5.35. The number of fused-ring (bicyclic) bond motifs is 1. The molecule has 100 valence electrons. The smallest absolute Gasteiger partial charge is 0.297 e. The van der Waals surface area contributed by atoms with Gasteiger partial charge < -0.3 is 18.1 Å². The minimum absolute atomic E-state index is 0. The predicted octanol–water partition coefficient (Wildman–Crippen LogP) is -3.29. The van der Waals surface area contributed by atoms with Gasteiger partial charge in [-0.3, -0.25) is 14.8 Å². The molecule has 0 saturated carbocycles. The number of nitrogens with one attached hydrogen (secondary N) is 1. The van der Waals surface area contributed by atoms with Crippen molar-refractivity contribution in [2.45, 2.75) is 13.0 Å². The number of hydrogen-bond acceptors (Lipinski definition) is 4. The number of halogens is 1. The zero-order valence-corrected chi connectivity index (χ0v) is 11.1. The average molecular weight is 280 g/mol. The first-order valence-electron chi connectivity index (χ1n) is 5.54. The number of benzene rings is 1. The first-order chi connectivity index (χ1) is 8.68. The monoisotopic (exact) mass is 279 g/mol. The van der Waals surface area contributed by atoms with Crippen LogP contribution in [-0.4, -0.2) is 28.1 Å². The SMILES string of the molecule is C[C@H]([NH3+])C(=O)NN=Cc1cccc2nccnc12.[Cl-]. The summed E-state index contributed by atoms with van der Waals surface area (Å²) in [5, 5.41) is 3.88. The number of para-hydroxylation sites is 1. The van der Waals surface area contributed by atoms with Gasteiger partial charge in [0.1, 0.15) is 0 Å². The average Bonchev–Trinajstić information content (AvgIpc) is 2.38. The van der Waals surface area contributed by atoms with E-state index >= 15 is 0 Å². The van der Waals surface area contributed by atoms with Crippen LogP contribution in [0.2, 0.25) is 0 Å². The second-order valence-corrected chi connectivity index (χ2v) is 3.91. The molecule has 0 aliphatic heterocycles. The molecule has 1 atom stereocenters. The maximum Gasteiger partial charge on any atom is 0.297 e. The van der Waals surface area contributed by atoms with Crippen molar-refractivity contribution in [3.05, 3.63) is 36.2 Å². The zero-order chi connectivity index (χ0) is 13.0. The van der Waals surface area contributed by atoms with Crippen LogP contribution in [0.3, 0.4) is 0 Å². The van der Waals surface area contributed by atoms with E-state index in [0.29, 0.717) is 0 Å². The minimum atomic E-state index is -0.338. The largest absolute Gasteiger partial charge is 1.00 e. The van der Waals surface area contributed by atoms with Crippen LogP contribution in [0, 0.1) is 0 Å². The fourth-order valence-electron chi connectivity index (χ4n) is 1.39. The fourth-order valence-corrected chi connectivity index (χ4v) is 1.39. The van der Waals surface area contributed by atoms with Crippen molar-refractivity contribution in [2.75, 3.05) is 0 Å². The van der Waals surface area contributed by atoms with Gasteiger partial charge in [-0.1, -0.05) is 12.1 Å². The fraction of sp³-hybridized carbons (Fsp3) is 0.167. The van der Waals surface area contributed by atoms with E-state index in [-0.39, 0.29) is 24.4 Å². The van der Waals surface area contributed by atoms with Gasteiger partial charge in [0.25, 0.3) is 5.91 Å². The van der Waals surface area contributed by atoms with Crippen molar-refractivity contribution in [1.29, 1.82) is 0 Å². The second-order valence-electron chi connectivity index (χ2n) is 3.91. The highest BCUT2D eigenvalue weighted by Crippen LogP contribution is 2.11. The molecular formula is C12H14ClN5O. The molecule has 1 amide bonds. The molecule has 0 fully saturated rings. The molecule has 0 aliphatic rings. The number of rotatable bonds is 3. The molecule has 2 aromatic rings. The predicted molar refractivity (Wildman–Crippen MR) is 67.6 cm³/mol.